The van der Waals surface area contributed by atoms with Gasteiger partial charge < -0.3 is 10.1 Å². The quantitative estimate of drug-likeness (QED) is 0.593. The van der Waals surface area contributed by atoms with Crippen LogP contribution in [0, 0.1) is 0 Å². The Morgan fingerprint density at radius 1 is 1.27 bits per heavy atom. The van der Waals surface area contributed by atoms with Gasteiger partial charge >= 0.3 is 0 Å². The van der Waals surface area contributed by atoms with Crippen molar-refractivity contribution in [1.82, 2.24) is 4.68 Å². The molecule has 30 heavy (non-hydrogen) atoms. The highest BCUT2D eigenvalue weighted by atomic mass is 35.5. The molecule has 1 aromatic heterocycles. The van der Waals surface area contributed by atoms with Crippen molar-refractivity contribution in [1.29, 1.82) is 0 Å². The minimum absolute atomic E-state index is 0.0313. The molecule has 0 spiro atoms. The van der Waals surface area contributed by atoms with Gasteiger partial charge in [0.2, 0.25) is 4.80 Å². The van der Waals surface area contributed by atoms with E-state index in [1.54, 1.807) is 0 Å². The predicted octanol–water partition coefficient (Wildman–Crippen LogP) is 4.78. The molecule has 1 aliphatic heterocycles. The first-order chi connectivity index (χ1) is 14.4. The molecule has 2 aromatic carbocycles. The molecule has 6 nitrogen and oxygen atoms in total. The maximum Gasteiger partial charge on any atom is 0.262 e. The number of nitrogens with one attached hydrogen (secondary N) is 1. The van der Waals surface area contributed by atoms with Crippen molar-refractivity contribution in [2.24, 2.45) is 10.1 Å². The number of hydrogen-bond acceptors (Lipinski definition) is 5. The summed E-state index contributed by atoms with van der Waals surface area (Å²) < 4.78 is 7.30. The van der Waals surface area contributed by atoms with Gasteiger partial charge in [-0.25, -0.2) is 4.68 Å². The van der Waals surface area contributed by atoms with Crippen LogP contribution in [0.1, 0.15) is 26.3 Å². The number of thiazole rings is 1. The smallest absolute Gasteiger partial charge is 0.262 e. The predicted molar refractivity (Wildman–Crippen MR) is 122 cm³/mol. The number of halogens is 1. The fourth-order valence-corrected chi connectivity index (χ4v) is 4.34. The van der Waals surface area contributed by atoms with Crippen molar-refractivity contribution in [3.05, 3.63) is 63.2 Å². The van der Waals surface area contributed by atoms with Gasteiger partial charge in [0.15, 0.2) is 6.61 Å². The Bertz CT molecular complexity index is 1210. The first-order valence-corrected chi connectivity index (χ1v) is 10.8. The molecule has 0 fully saturated rings. The molecule has 2 heterocycles. The van der Waals surface area contributed by atoms with E-state index in [0.29, 0.717) is 16.5 Å². The highest BCUT2D eigenvalue weighted by Gasteiger charge is 2.18. The molecular formula is C22H21ClN4O2S. The van der Waals surface area contributed by atoms with Gasteiger partial charge in [0.1, 0.15) is 5.75 Å². The summed E-state index contributed by atoms with van der Waals surface area (Å²) in [4.78, 5) is 17.2. The molecule has 8 heteroatoms. The molecule has 0 aliphatic carbocycles. The van der Waals surface area contributed by atoms with Crippen molar-refractivity contribution in [3.63, 3.8) is 0 Å². The first-order valence-electron chi connectivity index (χ1n) is 9.54. The van der Waals surface area contributed by atoms with Crippen LogP contribution in [-0.4, -0.2) is 28.9 Å². The van der Waals surface area contributed by atoms with E-state index >= 15 is 0 Å². The number of amides is 1. The van der Waals surface area contributed by atoms with E-state index in [4.69, 9.17) is 26.4 Å². The molecule has 3 aromatic rings. The Hall–Kier alpha value is -2.90. The Balaban J connectivity index is 1.86. The molecule has 0 saturated carbocycles. The summed E-state index contributed by atoms with van der Waals surface area (Å²) >= 11 is 7.88. The van der Waals surface area contributed by atoms with Gasteiger partial charge in [0, 0.05) is 27.6 Å². The summed E-state index contributed by atoms with van der Waals surface area (Å²) in [6.45, 7) is 6.01. The van der Waals surface area contributed by atoms with Crippen LogP contribution in [0.15, 0.2) is 57.9 Å². The Morgan fingerprint density at radius 3 is 2.83 bits per heavy atom. The van der Waals surface area contributed by atoms with Gasteiger partial charge in [0.25, 0.3) is 5.91 Å². The van der Waals surface area contributed by atoms with Crippen LogP contribution in [0.4, 0.5) is 5.69 Å². The van der Waals surface area contributed by atoms with Crippen LogP contribution in [0.5, 0.6) is 5.75 Å². The molecule has 1 amide bonds. The van der Waals surface area contributed by atoms with E-state index in [1.165, 1.54) is 11.3 Å². The van der Waals surface area contributed by atoms with Crippen LogP contribution in [0.3, 0.4) is 0 Å². The zero-order valence-corrected chi connectivity index (χ0v) is 18.4. The Morgan fingerprint density at radius 2 is 2.07 bits per heavy atom. The molecule has 1 aliphatic rings. The SMILES string of the molecule is CC(=Nn1c(-c2ccc3c(c2)NC(=O)CO3)csc1=NC(C)C)c1ccccc1Cl. The maximum atomic E-state index is 11.7. The summed E-state index contributed by atoms with van der Waals surface area (Å²) in [5.41, 5.74) is 4.06. The minimum atomic E-state index is -0.166. The van der Waals surface area contributed by atoms with E-state index in [-0.39, 0.29) is 18.6 Å². The highest BCUT2D eigenvalue weighted by molar-refractivity contribution is 7.07. The molecule has 0 atom stereocenters. The zero-order chi connectivity index (χ0) is 21.3. The first kappa shape index (κ1) is 20.4. The Kier molecular flexibility index (Phi) is 5.74. The average molecular weight is 441 g/mol. The number of carbonyl (C=O) groups is 1. The molecule has 0 saturated heterocycles. The Labute approximate surface area is 183 Å². The van der Waals surface area contributed by atoms with Crippen LogP contribution >= 0.6 is 22.9 Å². The van der Waals surface area contributed by atoms with Gasteiger partial charge in [-0.05, 0) is 45.0 Å². The number of nitrogens with zero attached hydrogens (tertiary/aromatic N) is 3. The summed E-state index contributed by atoms with van der Waals surface area (Å²) in [6, 6.07) is 13.4. The number of anilines is 1. The lowest BCUT2D eigenvalue weighted by molar-refractivity contribution is -0.118. The third kappa shape index (κ3) is 4.17. The monoisotopic (exact) mass is 440 g/mol. The normalized spacial score (nSPS) is 14.5. The maximum absolute atomic E-state index is 11.7. The molecule has 0 unspecified atom stereocenters. The van der Waals surface area contributed by atoms with Gasteiger partial charge in [-0.2, -0.15) is 5.10 Å². The molecule has 4 rings (SSSR count). The lowest BCUT2D eigenvalue weighted by Gasteiger charge is -2.18. The number of benzene rings is 2. The van der Waals surface area contributed by atoms with Gasteiger partial charge in [-0.1, -0.05) is 29.8 Å². The summed E-state index contributed by atoms with van der Waals surface area (Å²) in [7, 11) is 0. The fourth-order valence-electron chi connectivity index (χ4n) is 3.11. The largest absolute Gasteiger partial charge is 0.482 e. The van der Waals surface area contributed by atoms with Crippen molar-refractivity contribution < 1.29 is 9.53 Å². The van der Waals surface area contributed by atoms with Gasteiger partial charge in [-0.15, -0.1) is 11.3 Å². The average Bonchev–Trinajstić information content (AvgIpc) is 3.09. The number of aromatic nitrogens is 1. The van der Waals surface area contributed by atoms with Crippen molar-refractivity contribution in [3.8, 4) is 17.0 Å². The number of carbonyl (C=O) groups excluding carboxylic acids is 1. The topological polar surface area (TPSA) is 68.0 Å². The van der Waals surface area contributed by atoms with E-state index in [9.17, 15) is 4.79 Å². The number of rotatable bonds is 4. The standard InChI is InChI=1S/C22H21ClN4O2S/c1-13(2)24-22-27(26-14(3)16-6-4-5-7-17(16)23)19(12-30-22)15-8-9-20-18(10-15)25-21(28)11-29-20/h4-10,12-13H,11H2,1-3H3,(H,25,28). The molecule has 0 radical (unpaired) electrons. The summed E-state index contributed by atoms with van der Waals surface area (Å²) in [5.74, 6) is 0.490. The molecular weight excluding hydrogens is 420 g/mol. The molecule has 0 bridgehead atoms. The lowest BCUT2D eigenvalue weighted by Crippen LogP contribution is -2.25. The van der Waals surface area contributed by atoms with Crippen LogP contribution < -0.4 is 14.9 Å². The van der Waals surface area contributed by atoms with Crippen LogP contribution in [-0.2, 0) is 4.79 Å². The second-order valence-electron chi connectivity index (χ2n) is 7.15. The minimum Gasteiger partial charge on any atom is -0.482 e. The highest BCUT2D eigenvalue weighted by Crippen LogP contribution is 2.33. The van der Waals surface area contributed by atoms with Crippen LogP contribution in [0.2, 0.25) is 5.02 Å². The van der Waals surface area contributed by atoms with Crippen molar-refractivity contribution >= 4 is 40.2 Å². The van der Waals surface area contributed by atoms with E-state index < -0.39 is 0 Å². The summed E-state index contributed by atoms with van der Waals surface area (Å²) in [5, 5.41) is 10.4. The zero-order valence-electron chi connectivity index (χ0n) is 16.8. The fraction of sp³-hybridized carbons (Fsp3) is 0.227. The number of hydrogen-bond donors (Lipinski definition) is 1. The van der Waals surface area contributed by atoms with Gasteiger partial charge in [-0.3, -0.25) is 9.79 Å². The second-order valence-corrected chi connectivity index (χ2v) is 8.39. The third-order valence-corrected chi connectivity index (χ3v) is 5.64. The summed E-state index contributed by atoms with van der Waals surface area (Å²) in [6.07, 6.45) is 0. The third-order valence-electron chi connectivity index (χ3n) is 4.48. The lowest BCUT2D eigenvalue weighted by atomic mass is 10.1. The molecule has 1 N–H and O–H groups in total. The van der Waals surface area contributed by atoms with Gasteiger partial charge in [0.05, 0.1) is 17.1 Å². The van der Waals surface area contributed by atoms with E-state index in [0.717, 1.165) is 27.3 Å². The number of fused-ring (bicyclic) bond motifs is 1. The van der Waals surface area contributed by atoms with Crippen molar-refractivity contribution in [2.75, 3.05) is 11.9 Å². The second kappa shape index (κ2) is 8.45. The van der Waals surface area contributed by atoms with Crippen LogP contribution in [0.25, 0.3) is 11.3 Å². The van der Waals surface area contributed by atoms with E-state index in [2.05, 4.69) is 5.32 Å². The van der Waals surface area contributed by atoms with E-state index in [1.807, 2.05) is 73.3 Å². The van der Waals surface area contributed by atoms with Crippen molar-refractivity contribution in [2.45, 2.75) is 26.8 Å². The molecule has 154 valence electrons. The number of ether oxygens (including phenoxy) is 1.